The minimum absolute atomic E-state index is 0.138. The van der Waals surface area contributed by atoms with Crippen LogP contribution in [0.2, 0.25) is 0 Å². The molecule has 0 amide bonds. The molecule has 0 saturated carbocycles. The van der Waals surface area contributed by atoms with E-state index in [9.17, 15) is 4.39 Å². The number of anilines is 1. The van der Waals surface area contributed by atoms with Gasteiger partial charge in [0.2, 0.25) is 0 Å². The van der Waals surface area contributed by atoms with Gasteiger partial charge in [-0.2, -0.15) is 0 Å². The summed E-state index contributed by atoms with van der Waals surface area (Å²) in [4.78, 5) is 0. The normalized spacial score (nSPS) is 21.1. The lowest BCUT2D eigenvalue weighted by Crippen LogP contribution is -2.22. The zero-order valence-corrected chi connectivity index (χ0v) is 8.31. The molecule has 1 heterocycles. The molecule has 1 fully saturated rings. The maximum Gasteiger partial charge on any atom is 0.128 e. The van der Waals surface area contributed by atoms with Crippen molar-refractivity contribution in [3.05, 3.63) is 29.6 Å². The molecule has 0 aliphatic carbocycles. The molecule has 1 saturated heterocycles. The number of hydrogen-bond acceptors (Lipinski definition) is 2. The summed E-state index contributed by atoms with van der Waals surface area (Å²) in [6.07, 6.45) is 1.11. The largest absolute Gasteiger partial charge is 0.381 e. The van der Waals surface area contributed by atoms with E-state index in [4.69, 9.17) is 0 Å². The van der Waals surface area contributed by atoms with Crippen LogP contribution < -0.4 is 10.6 Å². The molecule has 0 unspecified atom stereocenters. The van der Waals surface area contributed by atoms with Crippen LogP contribution in [0.1, 0.15) is 12.0 Å². The minimum atomic E-state index is -0.138. The first-order chi connectivity index (χ1) is 6.75. The van der Waals surface area contributed by atoms with Crippen molar-refractivity contribution in [1.82, 2.24) is 5.32 Å². The monoisotopic (exact) mass is 194 g/mol. The Morgan fingerprint density at radius 1 is 1.50 bits per heavy atom. The highest BCUT2D eigenvalue weighted by Crippen LogP contribution is 2.15. The predicted molar refractivity (Wildman–Crippen MR) is 56.0 cm³/mol. The second kappa shape index (κ2) is 3.96. The highest BCUT2D eigenvalue weighted by Gasteiger charge is 2.13. The number of hydrogen-bond donors (Lipinski definition) is 2. The van der Waals surface area contributed by atoms with E-state index in [1.54, 1.807) is 19.1 Å². The van der Waals surface area contributed by atoms with Crippen LogP contribution in [0.25, 0.3) is 0 Å². The lowest BCUT2D eigenvalue weighted by molar-refractivity contribution is 0.618. The zero-order valence-electron chi connectivity index (χ0n) is 8.31. The Labute approximate surface area is 83.5 Å². The zero-order chi connectivity index (χ0) is 9.97. The van der Waals surface area contributed by atoms with E-state index in [0.717, 1.165) is 25.2 Å². The maximum atomic E-state index is 13.2. The van der Waals surface area contributed by atoms with E-state index in [1.165, 1.54) is 0 Å². The van der Waals surface area contributed by atoms with E-state index in [-0.39, 0.29) is 5.82 Å². The molecule has 1 aromatic carbocycles. The van der Waals surface area contributed by atoms with E-state index in [1.807, 2.05) is 6.07 Å². The number of halogens is 1. The van der Waals surface area contributed by atoms with Gasteiger partial charge in [-0.05, 0) is 37.6 Å². The molecule has 76 valence electrons. The lowest BCUT2D eigenvalue weighted by atomic mass is 10.2. The molecule has 0 bridgehead atoms. The van der Waals surface area contributed by atoms with Crippen molar-refractivity contribution in [2.75, 3.05) is 18.4 Å². The summed E-state index contributed by atoms with van der Waals surface area (Å²) in [6, 6.07) is 5.74. The second-order valence-electron chi connectivity index (χ2n) is 3.80. The van der Waals surface area contributed by atoms with Crippen LogP contribution in [0.3, 0.4) is 0 Å². The average Bonchev–Trinajstić information content (AvgIpc) is 2.64. The molecule has 0 aromatic heterocycles. The number of benzene rings is 1. The van der Waals surface area contributed by atoms with Gasteiger partial charge in [0.1, 0.15) is 5.82 Å². The Balaban J connectivity index is 2.05. The average molecular weight is 194 g/mol. The maximum absolute atomic E-state index is 13.2. The molecule has 1 aliphatic rings. The Hall–Kier alpha value is -1.09. The molecule has 14 heavy (non-hydrogen) atoms. The van der Waals surface area contributed by atoms with Gasteiger partial charge < -0.3 is 10.6 Å². The molecule has 0 spiro atoms. The van der Waals surface area contributed by atoms with Gasteiger partial charge in [0, 0.05) is 18.3 Å². The standard InChI is InChI=1S/C11H15FN2/c1-8-2-3-9(6-11(8)12)14-10-4-5-13-7-10/h2-3,6,10,13-14H,4-5,7H2,1H3/t10-/m1/s1. The predicted octanol–water partition coefficient (Wildman–Crippen LogP) is 1.91. The Morgan fingerprint density at radius 2 is 2.36 bits per heavy atom. The summed E-state index contributed by atoms with van der Waals surface area (Å²) in [5.74, 6) is -0.138. The molecule has 3 heteroatoms. The van der Waals surface area contributed by atoms with Crippen LogP contribution in [0.5, 0.6) is 0 Å². The third kappa shape index (κ3) is 2.04. The van der Waals surface area contributed by atoms with Crippen LogP contribution in [0, 0.1) is 12.7 Å². The molecule has 0 radical (unpaired) electrons. The van der Waals surface area contributed by atoms with Gasteiger partial charge in [0.05, 0.1) is 0 Å². The van der Waals surface area contributed by atoms with Crippen molar-refractivity contribution in [2.24, 2.45) is 0 Å². The smallest absolute Gasteiger partial charge is 0.128 e. The first-order valence-corrected chi connectivity index (χ1v) is 4.99. The molecular formula is C11H15FN2. The number of nitrogens with one attached hydrogen (secondary N) is 2. The molecule has 1 aromatic rings. The van der Waals surface area contributed by atoms with Crippen molar-refractivity contribution in [2.45, 2.75) is 19.4 Å². The minimum Gasteiger partial charge on any atom is -0.381 e. The number of aryl methyl sites for hydroxylation is 1. The van der Waals surface area contributed by atoms with Crippen LogP contribution in [-0.2, 0) is 0 Å². The quantitative estimate of drug-likeness (QED) is 0.751. The van der Waals surface area contributed by atoms with Gasteiger partial charge in [0.25, 0.3) is 0 Å². The van der Waals surface area contributed by atoms with E-state index in [0.29, 0.717) is 11.6 Å². The summed E-state index contributed by atoms with van der Waals surface area (Å²) in [7, 11) is 0. The van der Waals surface area contributed by atoms with E-state index in [2.05, 4.69) is 10.6 Å². The van der Waals surface area contributed by atoms with Crippen LogP contribution >= 0.6 is 0 Å². The fourth-order valence-corrected chi connectivity index (χ4v) is 1.70. The lowest BCUT2D eigenvalue weighted by Gasteiger charge is -2.13. The second-order valence-corrected chi connectivity index (χ2v) is 3.80. The summed E-state index contributed by atoms with van der Waals surface area (Å²) in [6.45, 7) is 3.79. The van der Waals surface area contributed by atoms with Gasteiger partial charge in [-0.1, -0.05) is 6.07 Å². The summed E-state index contributed by atoms with van der Waals surface area (Å²) < 4.78 is 13.2. The van der Waals surface area contributed by atoms with Gasteiger partial charge in [-0.25, -0.2) is 4.39 Å². The van der Waals surface area contributed by atoms with Crippen molar-refractivity contribution < 1.29 is 4.39 Å². The van der Waals surface area contributed by atoms with Crippen LogP contribution in [0.4, 0.5) is 10.1 Å². The van der Waals surface area contributed by atoms with Gasteiger partial charge in [0.15, 0.2) is 0 Å². The number of rotatable bonds is 2. The molecular weight excluding hydrogens is 179 g/mol. The fourth-order valence-electron chi connectivity index (χ4n) is 1.70. The summed E-state index contributed by atoms with van der Waals surface area (Å²) >= 11 is 0. The Bertz CT molecular complexity index is 319. The molecule has 2 rings (SSSR count). The van der Waals surface area contributed by atoms with Gasteiger partial charge in [-0.15, -0.1) is 0 Å². The summed E-state index contributed by atoms with van der Waals surface area (Å²) in [5, 5.41) is 6.57. The van der Waals surface area contributed by atoms with Gasteiger partial charge in [-0.3, -0.25) is 0 Å². The Morgan fingerprint density at radius 3 is 3.00 bits per heavy atom. The van der Waals surface area contributed by atoms with Crippen molar-refractivity contribution >= 4 is 5.69 Å². The van der Waals surface area contributed by atoms with Crippen LogP contribution in [0.15, 0.2) is 18.2 Å². The molecule has 2 N–H and O–H groups in total. The topological polar surface area (TPSA) is 24.1 Å². The molecule has 1 aliphatic heterocycles. The van der Waals surface area contributed by atoms with Crippen LogP contribution in [-0.4, -0.2) is 19.1 Å². The molecule has 2 nitrogen and oxygen atoms in total. The molecule has 1 atom stereocenters. The fraction of sp³-hybridized carbons (Fsp3) is 0.455. The van der Waals surface area contributed by atoms with Gasteiger partial charge >= 0.3 is 0 Å². The third-order valence-corrected chi connectivity index (χ3v) is 2.60. The van der Waals surface area contributed by atoms with Crippen molar-refractivity contribution in [3.8, 4) is 0 Å². The third-order valence-electron chi connectivity index (χ3n) is 2.60. The van der Waals surface area contributed by atoms with E-state index >= 15 is 0 Å². The van der Waals surface area contributed by atoms with E-state index < -0.39 is 0 Å². The summed E-state index contributed by atoms with van der Waals surface area (Å²) in [5.41, 5.74) is 1.57. The SMILES string of the molecule is Cc1ccc(N[C@@H]2CCNC2)cc1F. The van der Waals surface area contributed by atoms with Crippen molar-refractivity contribution in [1.29, 1.82) is 0 Å². The highest BCUT2D eigenvalue weighted by atomic mass is 19.1. The van der Waals surface area contributed by atoms with Crippen molar-refractivity contribution in [3.63, 3.8) is 0 Å². The highest BCUT2D eigenvalue weighted by molar-refractivity contribution is 5.46. The Kier molecular flexibility index (Phi) is 2.68. The first kappa shape index (κ1) is 9.46. The first-order valence-electron chi connectivity index (χ1n) is 4.99.